The summed E-state index contributed by atoms with van der Waals surface area (Å²) in [5.41, 5.74) is -1.93. The molecule has 0 atom stereocenters. The highest BCUT2D eigenvalue weighted by molar-refractivity contribution is 5.63. The van der Waals surface area contributed by atoms with Gasteiger partial charge in [0, 0.05) is 0 Å². The summed E-state index contributed by atoms with van der Waals surface area (Å²) < 4.78 is 0.223. The number of nitrogens with zero attached hydrogens (tertiary/aromatic N) is 14. The molecule has 26 nitrogen and oxygen atoms in total. The molecule has 0 unspecified atom stereocenters. The Morgan fingerprint density at radius 3 is 1.00 bits per heavy atom. The number of hydrogen-bond acceptors (Lipinski definition) is 18. The maximum Gasteiger partial charge on any atom is 0.765 e. The third-order valence-electron chi connectivity index (χ3n) is 3.72. The summed E-state index contributed by atoms with van der Waals surface area (Å²) in [6, 6.07) is 0. The lowest BCUT2D eigenvalue weighted by molar-refractivity contribution is -0.987. The van der Waals surface area contributed by atoms with Crippen molar-refractivity contribution < 1.29 is 29.5 Å². The van der Waals surface area contributed by atoms with Crippen molar-refractivity contribution in [3.05, 3.63) is 72.3 Å². The highest BCUT2D eigenvalue weighted by Crippen LogP contribution is 2.27. The van der Waals surface area contributed by atoms with Crippen LogP contribution >= 0.6 is 0 Å². The molecule has 32 heavy (non-hydrogen) atoms. The van der Waals surface area contributed by atoms with Crippen LogP contribution in [-0.2, 0) is 11.6 Å². The molecule has 0 spiro atoms. The van der Waals surface area contributed by atoms with Crippen LogP contribution in [0.2, 0.25) is 0 Å². The highest BCUT2D eigenvalue weighted by atomic mass is 16.7. The number of hydrogen-bond donors (Lipinski definition) is 0. The van der Waals surface area contributed by atoms with Gasteiger partial charge in [0.2, 0.25) is 11.3 Å². The quantitative estimate of drug-likeness (QED) is 0.178. The smallest absolute Gasteiger partial charge is 0.252 e. The van der Waals surface area contributed by atoms with E-state index in [1.165, 1.54) is 0 Å². The second-order valence-electron chi connectivity index (χ2n) is 5.29. The highest BCUT2D eigenvalue weighted by Gasteiger charge is 2.78. The van der Waals surface area contributed by atoms with Gasteiger partial charge in [-0.3, -0.25) is 60.7 Å². The molecule has 0 fully saturated rings. The predicted octanol–water partition coefficient (Wildman–Crippen LogP) is -3.56. The lowest BCUT2D eigenvalue weighted by atomic mass is 10.3. The second kappa shape index (κ2) is 6.39. The monoisotopic (exact) mass is 460 g/mol. The molecule has 0 aliphatic carbocycles. The summed E-state index contributed by atoms with van der Waals surface area (Å²) in [4.78, 5) is 61.6. The van der Waals surface area contributed by atoms with Gasteiger partial charge in [0.15, 0.2) is 29.5 Å². The van der Waals surface area contributed by atoms with Gasteiger partial charge in [0.25, 0.3) is 0 Å². The molecule has 0 aromatic carbocycles. The number of rotatable bonds is 8. The largest absolute Gasteiger partial charge is 0.765 e. The van der Waals surface area contributed by atoms with Gasteiger partial charge in [-0.05, 0) is 10.4 Å². The van der Waals surface area contributed by atoms with Crippen molar-refractivity contribution in [2.45, 2.75) is 11.6 Å². The van der Waals surface area contributed by atoms with Gasteiger partial charge >= 0.3 is 23.2 Å². The zero-order chi connectivity index (χ0) is 24.2. The molecule has 0 saturated heterocycles. The fourth-order valence-electron chi connectivity index (χ4n) is 2.26. The van der Waals surface area contributed by atoms with Crippen molar-refractivity contribution in [1.29, 1.82) is 0 Å². The van der Waals surface area contributed by atoms with Crippen molar-refractivity contribution in [2.75, 3.05) is 0 Å². The van der Waals surface area contributed by atoms with E-state index in [0.717, 1.165) is 0 Å². The summed E-state index contributed by atoms with van der Waals surface area (Å²) in [5.74, 6) is -12.0. The van der Waals surface area contributed by atoms with Gasteiger partial charge < -0.3 is 0 Å². The molecule has 26 heteroatoms. The van der Waals surface area contributed by atoms with Crippen LogP contribution in [0.1, 0.15) is 11.6 Å². The van der Waals surface area contributed by atoms with E-state index >= 15 is 0 Å². The van der Waals surface area contributed by atoms with E-state index in [1.807, 2.05) is 0 Å². The van der Waals surface area contributed by atoms with Crippen LogP contribution in [0.4, 0.5) is 0 Å². The minimum atomic E-state index is -4.33. The fourth-order valence-corrected chi connectivity index (χ4v) is 2.26. The minimum absolute atomic E-state index is 0.112. The van der Waals surface area contributed by atoms with E-state index < -0.39 is 64.1 Å². The topological polar surface area (TPSA) is 345 Å². The van der Waals surface area contributed by atoms with E-state index in [0.29, 0.717) is 0 Å². The Bertz CT molecular complexity index is 1190. The minimum Gasteiger partial charge on any atom is -0.252 e. The average molecular weight is 460 g/mol. The first-order valence-electron chi connectivity index (χ1n) is 7.07. The third-order valence-corrected chi connectivity index (χ3v) is 3.72. The first-order chi connectivity index (χ1) is 14.8. The van der Waals surface area contributed by atoms with Crippen molar-refractivity contribution in [3.63, 3.8) is 0 Å². The molecule has 0 aliphatic rings. The normalized spacial score (nSPS) is 12.0. The Balaban J connectivity index is 2.39. The molecule has 3 rings (SSSR count). The second-order valence-corrected chi connectivity index (χ2v) is 5.29. The SMILES string of the molecule is O=[N+]([O-])C(c1nc2c3nc(C([N+](=O)[O-])([N+](=O)[O-])[N+](=O)[O-])nn3nnn2n1)([N+](=O)[O-])[N+](=O)[O-]. The van der Waals surface area contributed by atoms with E-state index in [9.17, 15) is 60.7 Å². The van der Waals surface area contributed by atoms with Crippen LogP contribution < -0.4 is 0 Å². The molecule has 0 amide bonds. The molecule has 3 aromatic rings. The van der Waals surface area contributed by atoms with Crippen LogP contribution in [0, 0.1) is 60.7 Å². The summed E-state index contributed by atoms with van der Waals surface area (Å²) in [5, 5.41) is 79.3. The first-order valence-corrected chi connectivity index (χ1v) is 7.07. The molecule has 3 aromatic heterocycles. The van der Waals surface area contributed by atoms with E-state index in [1.54, 1.807) is 0 Å². The maximum absolute atomic E-state index is 11.1. The molecule has 3 heterocycles. The summed E-state index contributed by atoms with van der Waals surface area (Å²) in [6.07, 6.45) is 0. The molecular weight excluding hydrogens is 460 g/mol. The van der Waals surface area contributed by atoms with E-state index in [4.69, 9.17) is 0 Å². The van der Waals surface area contributed by atoms with Crippen LogP contribution in [-0.4, -0.2) is 69.4 Å². The Labute approximate surface area is 165 Å². The molecule has 0 saturated carbocycles. The third kappa shape index (κ3) is 2.32. The lowest BCUT2D eigenvalue weighted by Crippen LogP contribution is -2.51. The molecule has 0 aliphatic heterocycles. The predicted molar refractivity (Wildman–Crippen MR) is 80.4 cm³/mol. The van der Waals surface area contributed by atoms with Crippen molar-refractivity contribution in [3.8, 4) is 0 Å². The van der Waals surface area contributed by atoms with Crippen LogP contribution in [0.3, 0.4) is 0 Å². The van der Waals surface area contributed by atoms with E-state index in [2.05, 4.69) is 30.6 Å². The summed E-state index contributed by atoms with van der Waals surface area (Å²) in [6.45, 7) is 0. The van der Waals surface area contributed by atoms with Gasteiger partial charge in [-0.2, -0.15) is 9.97 Å². The van der Waals surface area contributed by atoms with E-state index in [-0.39, 0.29) is 9.26 Å². The summed E-state index contributed by atoms with van der Waals surface area (Å²) >= 11 is 0. The molecule has 0 radical (unpaired) electrons. The Morgan fingerprint density at radius 2 is 0.781 bits per heavy atom. The molecular formula is C6N14O12. The number of aromatic nitrogens is 8. The molecule has 166 valence electrons. The first kappa shape index (κ1) is 21.0. The Hall–Kier alpha value is -5.72. The zero-order valence-electron chi connectivity index (χ0n) is 14.2. The van der Waals surface area contributed by atoms with Crippen LogP contribution in [0.25, 0.3) is 11.3 Å². The Kier molecular flexibility index (Phi) is 4.20. The molecule has 0 bridgehead atoms. The Morgan fingerprint density at radius 1 is 0.531 bits per heavy atom. The number of fused-ring (bicyclic) bond motifs is 3. The van der Waals surface area contributed by atoms with Gasteiger partial charge in [-0.25, -0.2) is 0 Å². The van der Waals surface area contributed by atoms with Crippen LogP contribution in [0.5, 0.6) is 0 Å². The van der Waals surface area contributed by atoms with Gasteiger partial charge in [-0.15, -0.1) is 19.5 Å². The van der Waals surface area contributed by atoms with Crippen molar-refractivity contribution >= 4 is 11.3 Å². The number of nitro groups is 6. The zero-order valence-corrected chi connectivity index (χ0v) is 14.2. The van der Waals surface area contributed by atoms with Crippen LogP contribution in [0.15, 0.2) is 0 Å². The molecule has 0 N–H and O–H groups in total. The van der Waals surface area contributed by atoms with Crippen molar-refractivity contribution in [1.82, 2.24) is 39.9 Å². The fraction of sp³-hybridized carbons (Fsp3) is 0.333. The van der Waals surface area contributed by atoms with Crippen molar-refractivity contribution in [2.24, 2.45) is 0 Å². The maximum atomic E-state index is 11.1. The average Bonchev–Trinajstić information content (AvgIpc) is 3.24. The van der Waals surface area contributed by atoms with Gasteiger partial charge in [0.05, 0.1) is 0 Å². The van der Waals surface area contributed by atoms with Gasteiger partial charge in [-0.1, -0.05) is 0 Å². The standard InChI is InChI=1S/C6N14O12/c21-15(22)5(16(23)24,17(25)26)3-7-1-2-8-4(10-14(2)12-11-13(1)9-3)6(18(27)28,19(29)30)20(31)32. The summed E-state index contributed by atoms with van der Waals surface area (Å²) in [7, 11) is 0. The van der Waals surface area contributed by atoms with Gasteiger partial charge in [0.1, 0.15) is 0 Å². The lowest BCUT2D eigenvalue weighted by Gasteiger charge is -2.04.